The predicted molar refractivity (Wildman–Crippen MR) is 199 cm³/mol. The summed E-state index contributed by atoms with van der Waals surface area (Å²) < 4.78 is 30.0. The molecule has 51 heavy (non-hydrogen) atoms. The number of para-hydroxylation sites is 2. The van der Waals surface area contributed by atoms with E-state index < -0.39 is 0 Å². The number of benzene rings is 3. The molecule has 0 radical (unpaired) electrons. The number of hydrogen-bond donors (Lipinski definition) is 1. The summed E-state index contributed by atoms with van der Waals surface area (Å²) in [5.74, 6) is 4.85. The molecule has 1 aliphatic rings. The zero-order chi connectivity index (χ0) is 35.9. The largest absolute Gasteiger partial charge is 0.497 e. The third-order valence-electron chi connectivity index (χ3n) is 9.82. The van der Waals surface area contributed by atoms with Crippen LogP contribution in [0.2, 0.25) is 0 Å². The molecule has 1 amide bonds. The molecule has 1 saturated heterocycles. The number of furan rings is 1. The molecule has 1 aliphatic heterocycles. The van der Waals surface area contributed by atoms with Crippen molar-refractivity contribution in [2.75, 3.05) is 67.0 Å². The maximum Gasteiger partial charge on any atom is 0.253 e. The lowest BCUT2D eigenvalue weighted by Crippen LogP contribution is -2.40. The number of hydrogen-bond acceptors (Lipinski definition) is 9. The van der Waals surface area contributed by atoms with Gasteiger partial charge in [-0.15, -0.1) is 0 Å². The molecule has 3 heterocycles. The number of imidazole rings is 1. The molecule has 0 bridgehead atoms. The van der Waals surface area contributed by atoms with Gasteiger partial charge in [0.1, 0.15) is 17.3 Å². The standard InChI is InChI=1S/C40H49N5O6/c1-27-11-14-33(51-27)26-45-35-10-8-7-9-34(35)42-40(45)41-31-18-21-44(22-19-31)20-17-29(28-12-15-32(47-3)16-13-28)25-43(2)39(46)30-23-36(48-4)38(50-6)37(24-30)49-5/h7-16,23-24,29,31H,17-22,25-26H2,1-6H3,(H,41,42). The van der Waals surface area contributed by atoms with Crippen LogP contribution in [0.4, 0.5) is 5.95 Å². The number of likely N-dealkylation sites (tertiary alicyclic amines) is 1. The van der Waals surface area contributed by atoms with Crippen molar-refractivity contribution in [3.8, 4) is 23.0 Å². The molecule has 1 fully saturated rings. The molecule has 0 saturated carbocycles. The van der Waals surface area contributed by atoms with E-state index in [1.54, 1.807) is 45.5 Å². The van der Waals surface area contributed by atoms with Crippen molar-refractivity contribution in [1.29, 1.82) is 0 Å². The van der Waals surface area contributed by atoms with Gasteiger partial charge in [-0.2, -0.15) is 0 Å². The van der Waals surface area contributed by atoms with Gasteiger partial charge in [0.25, 0.3) is 5.91 Å². The number of likely N-dealkylation sites (N-methyl/N-ethyl adjacent to an activating group) is 1. The predicted octanol–water partition coefficient (Wildman–Crippen LogP) is 6.84. The van der Waals surface area contributed by atoms with E-state index in [9.17, 15) is 4.79 Å². The van der Waals surface area contributed by atoms with Crippen LogP contribution in [-0.2, 0) is 6.54 Å². The summed E-state index contributed by atoms with van der Waals surface area (Å²) >= 11 is 0. The molecule has 1 atom stereocenters. The maximum absolute atomic E-state index is 13.7. The molecule has 3 aromatic carbocycles. The van der Waals surface area contributed by atoms with Crippen molar-refractivity contribution >= 4 is 22.9 Å². The zero-order valence-electron chi connectivity index (χ0n) is 30.5. The SMILES string of the molecule is COc1ccc(C(CCN2CCC(Nc3nc4ccccc4n3Cc3ccc(C)o3)CC2)CN(C)C(=O)c2cc(OC)c(OC)c(OC)c2)cc1. The van der Waals surface area contributed by atoms with Crippen LogP contribution in [0.3, 0.4) is 0 Å². The lowest BCUT2D eigenvalue weighted by molar-refractivity contribution is 0.0781. The first-order chi connectivity index (χ1) is 24.8. The molecule has 270 valence electrons. The van der Waals surface area contributed by atoms with Gasteiger partial charge in [-0.1, -0.05) is 24.3 Å². The Morgan fingerprint density at radius 2 is 1.65 bits per heavy atom. The summed E-state index contributed by atoms with van der Waals surface area (Å²) in [4.78, 5) is 23.0. The molecule has 11 nitrogen and oxygen atoms in total. The topological polar surface area (TPSA) is 103 Å². The molecule has 5 aromatic rings. The lowest BCUT2D eigenvalue weighted by atomic mass is 9.93. The summed E-state index contributed by atoms with van der Waals surface area (Å²) in [5, 5.41) is 3.77. The van der Waals surface area contributed by atoms with Crippen LogP contribution in [0.1, 0.15) is 52.6 Å². The van der Waals surface area contributed by atoms with Crippen LogP contribution in [0, 0.1) is 6.92 Å². The number of methoxy groups -OCH3 is 4. The quantitative estimate of drug-likeness (QED) is 0.126. The highest BCUT2D eigenvalue weighted by atomic mass is 16.5. The molecule has 1 unspecified atom stereocenters. The smallest absolute Gasteiger partial charge is 0.253 e. The number of ether oxygens (including phenoxy) is 4. The molecule has 6 rings (SSSR count). The second kappa shape index (κ2) is 16.2. The Balaban J connectivity index is 1.10. The minimum absolute atomic E-state index is 0.118. The maximum atomic E-state index is 13.7. The highest BCUT2D eigenvalue weighted by molar-refractivity contribution is 5.95. The fourth-order valence-electron chi connectivity index (χ4n) is 6.97. The number of fused-ring (bicyclic) bond motifs is 1. The van der Waals surface area contributed by atoms with Crippen LogP contribution >= 0.6 is 0 Å². The number of nitrogens with one attached hydrogen (secondary N) is 1. The number of aryl methyl sites for hydroxylation is 1. The molecular formula is C40H49N5O6. The van der Waals surface area contributed by atoms with Gasteiger partial charge in [0.15, 0.2) is 11.5 Å². The van der Waals surface area contributed by atoms with Crippen molar-refractivity contribution in [3.05, 3.63) is 95.4 Å². The van der Waals surface area contributed by atoms with Gasteiger partial charge in [-0.05, 0) is 86.8 Å². The highest BCUT2D eigenvalue weighted by Gasteiger charge is 2.25. The average Bonchev–Trinajstić information content (AvgIpc) is 3.74. The Morgan fingerprint density at radius 1 is 0.941 bits per heavy atom. The van der Waals surface area contributed by atoms with Gasteiger partial charge in [-0.3, -0.25) is 4.79 Å². The van der Waals surface area contributed by atoms with Crippen molar-refractivity contribution in [2.24, 2.45) is 0 Å². The first-order valence-corrected chi connectivity index (χ1v) is 17.5. The Bertz CT molecular complexity index is 1890. The number of amides is 1. The van der Waals surface area contributed by atoms with Crippen LogP contribution in [0.15, 0.2) is 77.2 Å². The first-order valence-electron chi connectivity index (χ1n) is 17.5. The number of nitrogens with zero attached hydrogens (tertiary/aromatic N) is 4. The third-order valence-corrected chi connectivity index (χ3v) is 9.82. The van der Waals surface area contributed by atoms with E-state index in [1.807, 2.05) is 44.3 Å². The van der Waals surface area contributed by atoms with Crippen LogP contribution < -0.4 is 24.3 Å². The number of carbonyl (C=O) groups excluding carboxylic acids is 1. The van der Waals surface area contributed by atoms with E-state index in [4.69, 9.17) is 28.3 Å². The average molecular weight is 696 g/mol. The normalized spacial score (nSPS) is 14.3. The molecule has 11 heteroatoms. The van der Waals surface area contributed by atoms with E-state index in [2.05, 4.69) is 45.1 Å². The van der Waals surface area contributed by atoms with Crippen molar-refractivity contribution in [1.82, 2.24) is 19.4 Å². The number of carbonyl (C=O) groups is 1. The van der Waals surface area contributed by atoms with Crippen molar-refractivity contribution in [3.63, 3.8) is 0 Å². The first kappa shape index (κ1) is 35.7. The highest BCUT2D eigenvalue weighted by Crippen LogP contribution is 2.38. The molecule has 2 aromatic heterocycles. The molecule has 0 aliphatic carbocycles. The van der Waals surface area contributed by atoms with Gasteiger partial charge < -0.3 is 43.0 Å². The van der Waals surface area contributed by atoms with Gasteiger partial charge in [-0.25, -0.2) is 4.98 Å². The van der Waals surface area contributed by atoms with E-state index in [-0.39, 0.29) is 11.8 Å². The van der Waals surface area contributed by atoms with Crippen LogP contribution in [-0.4, -0.2) is 93.0 Å². The Hall–Kier alpha value is -5.16. The van der Waals surface area contributed by atoms with Gasteiger partial charge in [0.05, 0.1) is 46.0 Å². The third kappa shape index (κ3) is 8.26. The van der Waals surface area contributed by atoms with Crippen molar-refractivity contribution < 1.29 is 28.2 Å². The number of piperidine rings is 1. The van der Waals surface area contributed by atoms with Gasteiger partial charge in [0, 0.05) is 44.2 Å². The van der Waals surface area contributed by atoms with Gasteiger partial charge >= 0.3 is 0 Å². The minimum Gasteiger partial charge on any atom is -0.497 e. The van der Waals surface area contributed by atoms with Crippen LogP contribution in [0.5, 0.6) is 23.0 Å². The number of rotatable bonds is 15. The van der Waals surface area contributed by atoms with E-state index in [0.717, 1.165) is 73.1 Å². The van der Waals surface area contributed by atoms with Crippen LogP contribution in [0.25, 0.3) is 11.0 Å². The molecule has 0 spiro atoms. The monoisotopic (exact) mass is 695 g/mol. The molecule has 1 N–H and O–H groups in total. The summed E-state index contributed by atoms with van der Waals surface area (Å²) in [6.07, 6.45) is 2.92. The fraction of sp³-hybridized carbons (Fsp3) is 0.400. The Morgan fingerprint density at radius 3 is 2.27 bits per heavy atom. The Kier molecular flexibility index (Phi) is 11.4. The van der Waals surface area contributed by atoms with Crippen molar-refractivity contribution in [2.45, 2.75) is 44.7 Å². The van der Waals surface area contributed by atoms with E-state index in [0.29, 0.717) is 41.9 Å². The summed E-state index contributed by atoms with van der Waals surface area (Å²) in [7, 11) is 8.17. The summed E-state index contributed by atoms with van der Waals surface area (Å²) in [5.41, 5.74) is 3.70. The minimum atomic E-state index is -0.118. The number of anilines is 1. The number of aromatic nitrogens is 2. The fourth-order valence-corrected chi connectivity index (χ4v) is 6.97. The summed E-state index contributed by atoms with van der Waals surface area (Å²) in [6, 6.07) is 24.2. The Labute approximate surface area is 300 Å². The molecular weight excluding hydrogens is 646 g/mol. The zero-order valence-corrected chi connectivity index (χ0v) is 30.5. The van der Waals surface area contributed by atoms with E-state index in [1.165, 1.54) is 5.56 Å². The van der Waals surface area contributed by atoms with Gasteiger partial charge in [0.2, 0.25) is 11.7 Å². The lowest BCUT2D eigenvalue weighted by Gasteiger charge is -2.34. The summed E-state index contributed by atoms with van der Waals surface area (Å²) in [6.45, 7) is 6.02. The second-order valence-electron chi connectivity index (χ2n) is 13.1. The second-order valence-corrected chi connectivity index (χ2v) is 13.1. The van der Waals surface area contributed by atoms with E-state index >= 15 is 0 Å².